The minimum Gasteiger partial charge on any atom is -0.311 e. The second kappa shape index (κ2) is 13.4. The smallest absolute Gasteiger partial charge is 0.258 e. The molecule has 2 aromatic carbocycles. The van der Waals surface area contributed by atoms with Crippen molar-refractivity contribution in [3.63, 3.8) is 0 Å². The van der Waals surface area contributed by atoms with E-state index in [0.29, 0.717) is 46.2 Å². The molecule has 212 valence electrons. The summed E-state index contributed by atoms with van der Waals surface area (Å²) in [4.78, 5) is 41.2. The van der Waals surface area contributed by atoms with E-state index in [1.165, 1.54) is 11.0 Å². The summed E-state index contributed by atoms with van der Waals surface area (Å²) in [5, 5.41) is 12.1. The first kappa shape index (κ1) is 29.0. The number of fused-ring (bicyclic) bond motifs is 1. The first-order chi connectivity index (χ1) is 20.9. The Morgan fingerprint density at radius 3 is 2.63 bits per heavy atom. The highest BCUT2D eigenvalue weighted by Crippen LogP contribution is 2.26. The lowest BCUT2D eigenvalue weighted by Gasteiger charge is -2.17. The number of anilines is 2. The van der Waals surface area contributed by atoms with Crippen LogP contribution in [0.15, 0.2) is 110 Å². The molecule has 3 heterocycles. The molecule has 0 bridgehead atoms. The van der Waals surface area contributed by atoms with E-state index in [0.717, 1.165) is 16.6 Å². The molecule has 0 spiro atoms. The molecule has 10 heteroatoms. The lowest BCUT2D eigenvalue weighted by atomic mass is 10.1. The summed E-state index contributed by atoms with van der Waals surface area (Å²) in [6.45, 7) is 0.541. The second-order valence-corrected chi connectivity index (χ2v) is 10.0. The third-order valence-electron chi connectivity index (χ3n) is 6.72. The highest BCUT2D eigenvalue weighted by atomic mass is 32.1. The standard InChI is InChI=1S/C33H27N7O2S/c1-39(32(42)26-7-2-5-24(19-26)21-34)27-10-11-29-28(20-27)37-33(40(29)18-14-23-6-4-15-36-22-23)38-31(41)9-3-8-30(43)25-12-16-35-17-13-25/h2-13,15-17,19-20,22,43H,14,18H2,1H3,(H,37,38,41)/b9-3+,30-8-. The Labute approximate surface area is 254 Å². The van der Waals surface area contributed by atoms with Gasteiger partial charge in [0.15, 0.2) is 0 Å². The molecule has 0 unspecified atom stereocenters. The second-order valence-electron chi connectivity index (χ2n) is 9.56. The molecule has 5 rings (SSSR count). The van der Waals surface area contributed by atoms with Gasteiger partial charge in [0.25, 0.3) is 11.8 Å². The number of aromatic nitrogens is 4. The summed E-state index contributed by atoms with van der Waals surface area (Å²) in [5.41, 5.74) is 4.79. The Balaban J connectivity index is 1.41. The maximum absolute atomic E-state index is 13.2. The normalized spacial score (nSPS) is 11.4. The van der Waals surface area contributed by atoms with Crippen molar-refractivity contribution in [2.75, 3.05) is 17.3 Å². The predicted octanol–water partition coefficient (Wildman–Crippen LogP) is 5.68. The van der Waals surface area contributed by atoms with E-state index >= 15 is 0 Å². The number of nitrogens with one attached hydrogen (secondary N) is 1. The third kappa shape index (κ3) is 7.04. The molecule has 0 fully saturated rings. The number of rotatable bonds is 9. The number of allylic oxidation sites excluding steroid dienone is 2. The lowest BCUT2D eigenvalue weighted by molar-refractivity contribution is -0.112. The van der Waals surface area contributed by atoms with Crippen molar-refractivity contribution in [3.8, 4) is 6.07 Å². The fraction of sp³-hybridized carbons (Fsp3) is 0.0909. The summed E-state index contributed by atoms with van der Waals surface area (Å²) in [6.07, 6.45) is 12.3. The zero-order valence-electron chi connectivity index (χ0n) is 23.3. The van der Waals surface area contributed by atoms with E-state index in [2.05, 4.69) is 34.0 Å². The minimum absolute atomic E-state index is 0.255. The van der Waals surface area contributed by atoms with Crippen molar-refractivity contribution >= 4 is 52.0 Å². The quantitative estimate of drug-likeness (QED) is 0.131. The van der Waals surface area contributed by atoms with Gasteiger partial charge in [-0.1, -0.05) is 18.2 Å². The van der Waals surface area contributed by atoms with Crippen LogP contribution in [0.3, 0.4) is 0 Å². The van der Waals surface area contributed by atoms with Gasteiger partial charge in [0.05, 0.1) is 22.7 Å². The van der Waals surface area contributed by atoms with Crippen LogP contribution in [0.2, 0.25) is 0 Å². The van der Waals surface area contributed by atoms with Crippen LogP contribution in [0.4, 0.5) is 11.6 Å². The molecular formula is C33H27N7O2S. The molecule has 0 atom stereocenters. The van der Waals surface area contributed by atoms with Crippen LogP contribution in [-0.4, -0.2) is 38.4 Å². The number of carbonyl (C=O) groups excluding carboxylic acids is 2. The summed E-state index contributed by atoms with van der Waals surface area (Å²) in [5.74, 6) is -0.227. The summed E-state index contributed by atoms with van der Waals surface area (Å²) in [7, 11) is 1.67. The van der Waals surface area contributed by atoms with Crippen molar-refractivity contribution in [1.29, 1.82) is 5.26 Å². The first-order valence-corrected chi connectivity index (χ1v) is 13.8. The monoisotopic (exact) mass is 585 g/mol. The van der Waals surface area contributed by atoms with E-state index in [1.54, 1.807) is 68.1 Å². The average molecular weight is 586 g/mol. The van der Waals surface area contributed by atoms with Gasteiger partial charge in [0, 0.05) is 60.6 Å². The first-order valence-electron chi connectivity index (χ1n) is 13.4. The number of hydrogen-bond acceptors (Lipinski definition) is 7. The molecule has 1 N–H and O–H groups in total. The lowest BCUT2D eigenvalue weighted by Crippen LogP contribution is -2.26. The topological polar surface area (TPSA) is 117 Å². The maximum Gasteiger partial charge on any atom is 0.258 e. The van der Waals surface area contributed by atoms with Crippen molar-refractivity contribution in [2.45, 2.75) is 13.0 Å². The number of pyridine rings is 2. The van der Waals surface area contributed by atoms with Crippen molar-refractivity contribution in [3.05, 3.63) is 132 Å². The SMILES string of the molecule is CN(C(=O)c1cccc(C#N)c1)c1ccc2c(c1)nc(NC(=O)/C=C/C=C(\S)c1ccncc1)n2CCc1cccnc1. The van der Waals surface area contributed by atoms with Crippen LogP contribution in [0.25, 0.3) is 15.9 Å². The predicted molar refractivity (Wildman–Crippen MR) is 171 cm³/mol. The molecule has 0 aliphatic heterocycles. The number of nitrogens with zero attached hydrogens (tertiary/aromatic N) is 6. The number of hydrogen-bond donors (Lipinski definition) is 2. The summed E-state index contributed by atoms with van der Waals surface area (Å²) < 4.78 is 1.94. The van der Waals surface area contributed by atoms with E-state index in [-0.39, 0.29) is 11.8 Å². The summed E-state index contributed by atoms with van der Waals surface area (Å²) >= 11 is 4.49. The molecule has 0 saturated carbocycles. The Morgan fingerprint density at radius 2 is 1.86 bits per heavy atom. The van der Waals surface area contributed by atoms with E-state index in [4.69, 9.17) is 4.98 Å². The summed E-state index contributed by atoms with van der Waals surface area (Å²) in [6, 6.07) is 21.7. The Kier molecular flexibility index (Phi) is 9.05. The van der Waals surface area contributed by atoms with E-state index < -0.39 is 0 Å². The van der Waals surface area contributed by atoms with Crippen molar-refractivity contribution in [2.24, 2.45) is 0 Å². The highest BCUT2D eigenvalue weighted by Gasteiger charge is 2.18. The number of carbonyl (C=O) groups is 2. The Morgan fingerprint density at radius 1 is 1.02 bits per heavy atom. The molecule has 0 radical (unpaired) electrons. The molecule has 43 heavy (non-hydrogen) atoms. The fourth-order valence-electron chi connectivity index (χ4n) is 4.47. The van der Waals surface area contributed by atoms with Gasteiger partial charge in [0.2, 0.25) is 5.95 Å². The van der Waals surface area contributed by atoms with Crippen LogP contribution < -0.4 is 10.2 Å². The molecule has 0 aliphatic rings. The van der Waals surface area contributed by atoms with E-state index in [1.807, 2.05) is 47.2 Å². The minimum atomic E-state index is -0.352. The number of benzene rings is 2. The van der Waals surface area contributed by atoms with Gasteiger partial charge in [-0.3, -0.25) is 24.9 Å². The van der Waals surface area contributed by atoms with Crippen molar-refractivity contribution < 1.29 is 9.59 Å². The van der Waals surface area contributed by atoms with Crippen LogP contribution in [0.5, 0.6) is 0 Å². The van der Waals surface area contributed by atoms with Crippen LogP contribution in [0, 0.1) is 11.3 Å². The Bertz CT molecular complexity index is 1880. The number of imidazole rings is 1. The van der Waals surface area contributed by atoms with Crippen molar-refractivity contribution in [1.82, 2.24) is 19.5 Å². The zero-order chi connectivity index (χ0) is 30.2. The number of nitriles is 1. The zero-order valence-corrected chi connectivity index (χ0v) is 24.1. The molecular weight excluding hydrogens is 558 g/mol. The van der Waals surface area contributed by atoms with Gasteiger partial charge in [-0.25, -0.2) is 4.98 Å². The van der Waals surface area contributed by atoms with Gasteiger partial charge in [-0.15, -0.1) is 12.6 Å². The molecule has 3 aromatic heterocycles. The van der Waals surface area contributed by atoms with Gasteiger partial charge in [0.1, 0.15) is 0 Å². The maximum atomic E-state index is 13.2. The van der Waals surface area contributed by atoms with Crippen LogP contribution in [0.1, 0.15) is 27.0 Å². The molecule has 0 aliphatic carbocycles. The average Bonchev–Trinajstić information content (AvgIpc) is 3.39. The molecule has 2 amide bonds. The molecule has 9 nitrogen and oxygen atoms in total. The largest absolute Gasteiger partial charge is 0.311 e. The number of amides is 2. The fourth-order valence-corrected chi connectivity index (χ4v) is 4.70. The number of aryl methyl sites for hydroxylation is 2. The molecule has 0 saturated heterocycles. The van der Waals surface area contributed by atoms with Gasteiger partial charge in [-0.05, 0) is 78.2 Å². The van der Waals surface area contributed by atoms with Crippen LogP contribution in [-0.2, 0) is 17.8 Å². The van der Waals surface area contributed by atoms with Crippen LogP contribution >= 0.6 is 12.6 Å². The third-order valence-corrected chi connectivity index (χ3v) is 7.13. The molecule has 5 aromatic rings. The van der Waals surface area contributed by atoms with Gasteiger partial charge in [-0.2, -0.15) is 5.26 Å². The van der Waals surface area contributed by atoms with Gasteiger partial charge >= 0.3 is 0 Å². The Hall–Kier alpha value is -5.53. The highest BCUT2D eigenvalue weighted by molar-refractivity contribution is 7.90. The van der Waals surface area contributed by atoms with Gasteiger partial charge < -0.3 is 9.47 Å². The number of thiol groups is 1. The van der Waals surface area contributed by atoms with E-state index in [9.17, 15) is 14.9 Å².